The number of likely N-dealkylation sites (N-methyl/N-ethyl adjacent to an activating group) is 1. The van der Waals surface area contributed by atoms with Gasteiger partial charge in [0.15, 0.2) is 0 Å². The molecule has 1 fully saturated rings. The Bertz CT molecular complexity index is 1290. The molecular weight excluding hydrogens is 458 g/mol. The van der Waals surface area contributed by atoms with Gasteiger partial charge in [-0.1, -0.05) is 29.8 Å². The Morgan fingerprint density at radius 2 is 1.83 bits per heavy atom. The predicted molar refractivity (Wildman–Crippen MR) is 144 cm³/mol. The van der Waals surface area contributed by atoms with E-state index in [1.165, 1.54) is 5.57 Å². The Morgan fingerprint density at radius 1 is 1.09 bits per heavy atom. The number of rotatable bonds is 5. The number of fused-ring (bicyclic) bond motifs is 1. The highest BCUT2D eigenvalue weighted by Crippen LogP contribution is 2.40. The summed E-state index contributed by atoms with van der Waals surface area (Å²) in [5, 5.41) is 2.36. The van der Waals surface area contributed by atoms with Crippen LogP contribution < -0.4 is 10.2 Å². The van der Waals surface area contributed by atoms with Crippen LogP contribution in [0.1, 0.15) is 49.9 Å². The number of hydrogen-bond donors (Lipinski definition) is 1. The lowest BCUT2D eigenvalue weighted by atomic mass is 9.88. The second-order valence-electron chi connectivity index (χ2n) is 9.64. The van der Waals surface area contributed by atoms with E-state index in [4.69, 9.17) is 0 Å². The summed E-state index contributed by atoms with van der Waals surface area (Å²) < 4.78 is 0. The van der Waals surface area contributed by atoms with Crippen LogP contribution in [-0.2, 0) is 9.59 Å². The maximum atomic E-state index is 13.0. The number of anilines is 2. The molecule has 3 amide bonds. The van der Waals surface area contributed by atoms with Crippen molar-refractivity contribution in [3.05, 3.63) is 69.6 Å². The molecule has 0 saturated carbocycles. The third-order valence-electron chi connectivity index (χ3n) is 6.45. The molecule has 1 saturated heterocycles. The minimum Gasteiger partial charge on any atom is -0.363 e. The zero-order valence-electron chi connectivity index (χ0n) is 21.1. The number of allylic oxidation sites excluding steroid dienone is 1. The highest BCUT2D eigenvalue weighted by Gasteiger charge is 2.36. The van der Waals surface area contributed by atoms with E-state index in [1.807, 2.05) is 38.1 Å². The molecule has 2 aromatic rings. The Hall–Kier alpha value is -3.32. The number of imide groups is 1. The van der Waals surface area contributed by atoms with Crippen LogP contribution in [0.5, 0.6) is 0 Å². The summed E-state index contributed by atoms with van der Waals surface area (Å²) in [5.41, 5.74) is 6.92. The van der Waals surface area contributed by atoms with Crippen LogP contribution in [-0.4, -0.2) is 40.6 Å². The number of carbonyl (C=O) groups excluding carboxylic acids is 3. The molecule has 2 aliphatic rings. The van der Waals surface area contributed by atoms with Crippen LogP contribution in [0.15, 0.2) is 47.4 Å². The fourth-order valence-corrected chi connectivity index (χ4v) is 5.68. The Morgan fingerprint density at radius 3 is 2.51 bits per heavy atom. The molecule has 4 rings (SSSR count). The third-order valence-corrected chi connectivity index (χ3v) is 7.35. The summed E-state index contributed by atoms with van der Waals surface area (Å²) in [6.45, 7) is 13.1. The molecule has 1 N–H and O–H groups in total. The Balaban J connectivity index is 1.52. The topological polar surface area (TPSA) is 69.7 Å². The molecule has 6 nitrogen and oxygen atoms in total. The van der Waals surface area contributed by atoms with Crippen LogP contribution >= 0.6 is 11.8 Å². The lowest BCUT2D eigenvalue weighted by molar-refractivity contribution is -0.127. The highest BCUT2D eigenvalue weighted by atomic mass is 32.2. The molecule has 2 aliphatic heterocycles. The fraction of sp³-hybridized carbons (Fsp3) is 0.321. The van der Waals surface area contributed by atoms with Crippen molar-refractivity contribution >= 4 is 51.8 Å². The van der Waals surface area contributed by atoms with Gasteiger partial charge < -0.3 is 10.2 Å². The summed E-state index contributed by atoms with van der Waals surface area (Å²) in [6.07, 6.45) is 3.99. The number of thioether (sulfide) groups is 1. The Kier molecular flexibility index (Phi) is 6.64. The van der Waals surface area contributed by atoms with Gasteiger partial charge in [0, 0.05) is 23.5 Å². The first-order chi connectivity index (χ1) is 16.5. The molecule has 0 spiro atoms. The summed E-state index contributed by atoms with van der Waals surface area (Å²) >= 11 is 0.867. The van der Waals surface area contributed by atoms with Gasteiger partial charge in [-0.15, -0.1) is 0 Å². The molecule has 35 heavy (non-hydrogen) atoms. The number of aryl methyl sites for hydroxylation is 2. The van der Waals surface area contributed by atoms with Gasteiger partial charge in [0.05, 0.1) is 10.4 Å². The van der Waals surface area contributed by atoms with E-state index in [-0.39, 0.29) is 12.1 Å². The fourth-order valence-electron chi connectivity index (χ4n) is 4.84. The van der Waals surface area contributed by atoms with Crippen molar-refractivity contribution in [2.75, 3.05) is 23.3 Å². The maximum Gasteiger partial charge on any atom is 0.294 e. The van der Waals surface area contributed by atoms with E-state index in [9.17, 15) is 14.4 Å². The van der Waals surface area contributed by atoms with Crippen molar-refractivity contribution in [1.29, 1.82) is 0 Å². The summed E-state index contributed by atoms with van der Waals surface area (Å²) in [4.78, 5) is 41.8. The standard InChI is InChI=1S/C28H31N3O3S/c1-7-31-23-11-9-20(13-21(23)19(4)15-28(31,5)6)14-24-26(33)30(27(34)35-24)16-25(32)29-22-10-8-17(2)12-18(22)3/h8-15H,7,16H2,1-6H3,(H,29,32)/b24-14-. The molecule has 0 aliphatic carbocycles. The average molecular weight is 490 g/mol. The third kappa shape index (κ3) is 4.91. The van der Waals surface area contributed by atoms with Crippen LogP contribution in [0.4, 0.5) is 16.2 Å². The van der Waals surface area contributed by atoms with Crippen LogP contribution in [0.25, 0.3) is 11.6 Å². The largest absolute Gasteiger partial charge is 0.363 e. The zero-order valence-corrected chi connectivity index (χ0v) is 21.9. The van der Waals surface area contributed by atoms with Crippen LogP contribution in [0.2, 0.25) is 0 Å². The highest BCUT2D eigenvalue weighted by molar-refractivity contribution is 8.18. The van der Waals surface area contributed by atoms with E-state index in [0.717, 1.165) is 51.1 Å². The quantitative estimate of drug-likeness (QED) is 0.522. The van der Waals surface area contributed by atoms with Crippen molar-refractivity contribution in [2.24, 2.45) is 0 Å². The van der Waals surface area contributed by atoms with Gasteiger partial charge in [-0.2, -0.15) is 0 Å². The van der Waals surface area contributed by atoms with Crippen molar-refractivity contribution in [2.45, 2.75) is 47.1 Å². The van der Waals surface area contributed by atoms with E-state index in [1.54, 1.807) is 6.08 Å². The first kappa shape index (κ1) is 24.8. The van der Waals surface area contributed by atoms with E-state index >= 15 is 0 Å². The number of hydrogen-bond acceptors (Lipinski definition) is 5. The summed E-state index contributed by atoms with van der Waals surface area (Å²) in [6, 6.07) is 11.8. The van der Waals surface area contributed by atoms with Gasteiger partial charge in [-0.3, -0.25) is 19.3 Å². The number of amides is 3. The molecule has 0 unspecified atom stereocenters. The second-order valence-corrected chi connectivity index (χ2v) is 10.6. The minimum atomic E-state index is -0.447. The zero-order chi connectivity index (χ0) is 25.5. The number of nitrogens with zero attached hydrogens (tertiary/aromatic N) is 2. The monoisotopic (exact) mass is 489 g/mol. The molecule has 2 aromatic carbocycles. The van der Waals surface area contributed by atoms with Gasteiger partial charge in [0.1, 0.15) is 6.54 Å². The molecule has 0 aromatic heterocycles. The van der Waals surface area contributed by atoms with Crippen molar-refractivity contribution in [1.82, 2.24) is 4.90 Å². The SMILES string of the molecule is CCN1c2ccc(/C=C3\SC(=O)N(CC(=O)Nc4ccc(C)cc4C)C3=O)cc2C(C)=CC1(C)C. The van der Waals surface area contributed by atoms with Gasteiger partial charge in [0.2, 0.25) is 5.91 Å². The molecular formula is C28H31N3O3S. The van der Waals surface area contributed by atoms with Gasteiger partial charge in [-0.05, 0) is 94.3 Å². The lowest BCUT2D eigenvalue weighted by Crippen LogP contribution is -2.44. The number of benzene rings is 2. The van der Waals surface area contributed by atoms with Gasteiger partial charge in [-0.25, -0.2) is 0 Å². The van der Waals surface area contributed by atoms with E-state index < -0.39 is 17.1 Å². The molecule has 182 valence electrons. The normalized spacial score (nSPS) is 18.1. The van der Waals surface area contributed by atoms with Crippen molar-refractivity contribution in [3.8, 4) is 0 Å². The first-order valence-corrected chi connectivity index (χ1v) is 12.6. The molecule has 0 bridgehead atoms. The molecule has 0 atom stereocenters. The maximum absolute atomic E-state index is 13.0. The van der Waals surface area contributed by atoms with Gasteiger partial charge >= 0.3 is 0 Å². The van der Waals surface area contributed by atoms with Crippen LogP contribution in [0, 0.1) is 13.8 Å². The number of nitrogens with one attached hydrogen (secondary N) is 1. The smallest absolute Gasteiger partial charge is 0.294 e. The van der Waals surface area contributed by atoms with E-state index in [2.05, 4.69) is 56.1 Å². The summed E-state index contributed by atoms with van der Waals surface area (Å²) in [5.74, 6) is -0.852. The van der Waals surface area contributed by atoms with Crippen LogP contribution in [0.3, 0.4) is 0 Å². The van der Waals surface area contributed by atoms with E-state index in [0.29, 0.717) is 10.6 Å². The van der Waals surface area contributed by atoms with Gasteiger partial charge in [0.25, 0.3) is 11.1 Å². The lowest BCUT2D eigenvalue weighted by Gasteiger charge is -2.42. The molecule has 0 radical (unpaired) electrons. The Labute approximate surface area is 211 Å². The molecule has 7 heteroatoms. The first-order valence-electron chi connectivity index (χ1n) is 11.7. The second kappa shape index (κ2) is 9.38. The summed E-state index contributed by atoms with van der Waals surface area (Å²) in [7, 11) is 0. The molecule has 2 heterocycles. The predicted octanol–water partition coefficient (Wildman–Crippen LogP) is 6.00. The van der Waals surface area contributed by atoms with Crippen molar-refractivity contribution < 1.29 is 14.4 Å². The number of carbonyl (C=O) groups is 3. The minimum absolute atomic E-state index is 0.0757. The average Bonchev–Trinajstić information content (AvgIpc) is 3.03. The van der Waals surface area contributed by atoms with Crippen molar-refractivity contribution in [3.63, 3.8) is 0 Å².